The molecule has 11 heteroatoms. The van der Waals surface area contributed by atoms with Gasteiger partial charge in [-0.3, -0.25) is 9.59 Å². The van der Waals surface area contributed by atoms with Crippen LogP contribution in [-0.4, -0.2) is 63.8 Å². The van der Waals surface area contributed by atoms with E-state index < -0.39 is 24.3 Å². The first-order chi connectivity index (χ1) is 19.7. The zero-order chi connectivity index (χ0) is 30.5. The fraction of sp³-hybridized carbons (Fsp3) is 0.667. The number of rotatable bonds is 20. The Balaban J connectivity index is 2.91. The van der Waals surface area contributed by atoms with Crippen LogP contribution in [0.15, 0.2) is 18.2 Å². The van der Waals surface area contributed by atoms with Crippen molar-refractivity contribution < 1.29 is 47.6 Å². The van der Waals surface area contributed by atoms with E-state index in [0.717, 1.165) is 32.1 Å². The molecule has 1 N–H and O–H groups in total. The summed E-state index contributed by atoms with van der Waals surface area (Å²) in [5.74, 6) is -0.510. The maximum atomic E-state index is 12.4. The number of hydrogen-bond acceptors (Lipinski definition) is 11. The molecule has 0 fully saturated rings. The summed E-state index contributed by atoms with van der Waals surface area (Å²) in [6.07, 6.45) is 4.52. The van der Waals surface area contributed by atoms with E-state index >= 15 is 0 Å². The van der Waals surface area contributed by atoms with Crippen LogP contribution in [0.2, 0.25) is 0 Å². The highest BCUT2D eigenvalue weighted by atomic mass is 16.7. The van der Waals surface area contributed by atoms with Gasteiger partial charge in [0, 0.05) is 13.0 Å². The number of unbranched alkanes of at least 4 members (excludes halogenated alkanes) is 4. The average Bonchev–Trinajstić information content (AvgIpc) is 2.94. The normalized spacial score (nSPS) is 11.5. The van der Waals surface area contributed by atoms with Crippen molar-refractivity contribution in [2.45, 2.75) is 91.5 Å². The molecule has 0 aliphatic heterocycles. The highest BCUT2D eigenvalue weighted by molar-refractivity contribution is 5.76. The SMILES string of the molecule is CCCCCOC(=O)Oc1ccc(C[C@H](NCCOC(=O)CCC(C)C)C(=O)OC)cc1OC(=O)OCCCCC. The molecule has 1 atom stereocenters. The summed E-state index contributed by atoms with van der Waals surface area (Å²) < 4.78 is 31.0. The van der Waals surface area contributed by atoms with Gasteiger partial charge >= 0.3 is 24.2 Å². The van der Waals surface area contributed by atoms with Crippen molar-refractivity contribution in [3.8, 4) is 11.5 Å². The molecule has 0 bridgehead atoms. The monoisotopic (exact) mass is 581 g/mol. The Morgan fingerprint density at radius 1 is 0.805 bits per heavy atom. The summed E-state index contributed by atoms with van der Waals surface area (Å²) in [6, 6.07) is 3.78. The van der Waals surface area contributed by atoms with E-state index in [1.165, 1.54) is 19.2 Å². The number of hydrogen-bond donors (Lipinski definition) is 1. The Morgan fingerprint density at radius 3 is 1.98 bits per heavy atom. The smallest absolute Gasteiger partial charge is 0.468 e. The van der Waals surface area contributed by atoms with Crippen LogP contribution in [0.4, 0.5) is 9.59 Å². The second-order valence-electron chi connectivity index (χ2n) is 9.98. The number of esters is 2. The molecule has 0 saturated carbocycles. The molecule has 1 rings (SSSR count). The molecule has 0 aromatic heterocycles. The van der Waals surface area contributed by atoms with E-state index in [9.17, 15) is 19.2 Å². The van der Waals surface area contributed by atoms with Gasteiger partial charge in [0.15, 0.2) is 11.5 Å². The molecular formula is C30H47NO10. The molecule has 0 aliphatic carbocycles. The average molecular weight is 582 g/mol. The number of nitrogens with one attached hydrogen (secondary N) is 1. The molecule has 1 aromatic rings. The minimum Gasteiger partial charge on any atom is -0.468 e. The number of carbonyl (C=O) groups excluding carboxylic acids is 4. The Bertz CT molecular complexity index is 934. The first-order valence-electron chi connectivity index (χ1n) is 14.5. The number of benzene rings is 1. The van der Waals surface area contributed by atoms with Gasteiger partial charge in [-0.05, 0) is 49.3 Å². The van der Waals surface area contributed by atoms with Crippen molar-refractivity contribution in [3.63, 3.8) is 0 Å². The zero-order valence-corrected chi connectivity index (χ0v) is 25.2. The molecule has 0 saturated heterocycles. The Hall–Kier alpha value is -3.34. The van der Waals surface area contributed by atoms with Gasteiger partial charge in [0.1, 0.15) is 12.6 Å². The van der Waals surface area contributed by atoms with Crippen LogP contribution < -0.4 is 14.8 Å². The zero-order valence-electron chi connectivity index (χ0n) is 25.2. The van der Waals surface area contributed by atoms with Crippen LogP contribution >= 0.6 is 0 Å². The number of methoxy groups -OCH3 is 1. The van der Waals surface area contributed by atoms with Gasteiger partial charge in [0.05, 0.1) is 20.3 Å². The van der Waals surface area contributed by atoms with Crippen LogP contribution in [0.1, 0.15) is 84.6 Å². The molecule has 0 spiro atoms. The lowest BCUT2D eigenvalue weighted by atomic mass is 10.1. The van der Waals surface area contributed by atoms with Crippen molar-refractivity contribution in [3.05, 3.63) is 23.8 Å². The summed E-state index contributed by atoms with van der Waals surface area (Å²) in [6.45, 7) is 8.85. The van der Waals surface area contributed by atoms with Crippen LogP contribution in [0.25, 0.3) is 0 Å². The van der Waals surface area contributed by atoms with E-state index in [-0.39, 0.29) is 50.3 Å². The quantitative estimate of drug-likeness (QED) is 0.0872. The van der Waals surface area contributed by atoms with Gasteiger partial charge in [-0.2, -0.15) is 0 Å². The summed E-state index contributed by atoms with van der Waals surface area (Å²) in [4.78, 5) is 48.8. The molecule has 232 valence electrons. The predicted octanol–water partition coefficient (Wildman–Crippen LogP) is 5.75. The van der Waals surface area contributed by atoms with Crippen LogP contribution in [0, 0.1) is 5.92 Å². The maximum Gasteiger partial charge on any atom is 0.513 e. The van der Waals surface area contributed by atoms with E-state index in [1.54, 1.807) is 6.07 Å². The van der Waals surface area contributed by atoms with Crippen LogP contribution in [-0.2, 0) is 35.0 Å². The molecule has 0 aliphatic rings. The largest absolute Gasteiger partial charge is 0.513 e. The fourth-order valence-corrected chi connectivity index (χ4v) is 3.59. The molecule has 0 heterocycles. The summed E-state index contributed by atoms with van der Waals surface area (Å²) in [5, 5.41) is 3.03. The number of carbonyl (C=O) groups is 4. The van der Waals surface area contributed by atoms with Crippen molar-refractivity contribution in [1.29, 1.82) is 0 Å². The van der Waals surface area contributed by atoms with Crippen molar-refractivity contribution in [2.24, 2.45) is 5.92 Å². The third-order valence-corrected chi connectivity index (χ3v) is 5.94. The number of ether oxygens (including phenoxy) is 6. The lowest BCUT2D eigenvalue weighted by Crippen LogP contribution is -2.41. The minimum atomic E-state index is -0.943. The highest BCUT2D eigenvalue weighted by Crippen LogP contribution is 2.30. The minimum absolute atomic E-state index is 0.0318. The van der Waals surface area contributed by atoms with Crippen molar-refractivity contribution in [2.75, 3.05) is 33.5 Å². The Labute approximate surface area is 243 Å². The first-order valence-corrected chi connectivity index (χ1v) is 14.5. The summed E-state index contributed by atoms with van der Waals surface area (Å²) >= 11 is 0. The van der Waals surface area contributed by atoms with Gasteiger partial charge < -0.3 is 33.7 Å². The second kappa shape index (κ2) is 21.4. The lowest BCUT2D eigenvalue weighted by Gasteiger charge is -2.18. The maximum absolute atomic E-state index is 12.4. The summed E-state index contributed by atoms with van der Waals surface area (Å²) in [7, 11) is 1.27. The predicted molar refractivity (Wildman–Crippen MR) is 152 cm³/mol. The van der Waals surface area contributed by atoms with E-state index in [4.69, 9.17) is 28.4 Å². The molecule has 0 amide bonds. The van der Waals surface area contributed by atoms with Crippen molar-refractivity contribution in [1.82, 2.24) is 5.32 Å². The van der Waals surface area contributed by atoms with Gasteiger partial charge in [-0.1, -0.05) is 59.4 Å². The van der Waals surface area contributed by atoms with Gasteiger partial charge in [-0.25, -0.2) is 9.59 Å². The fourth-order valence-electron chi connectivity index (χ4n) is 3.59. The Morgan fingerprint density at radius 2 is 1.41 bits per heavy atom. The third kappa shape index (κ3) is 16.5. The standard InChI is InChI=1S/C30H47NO10/c1-6-8-10-17-38-29(34)40-25-14-13-23(21-26(25)41-30(35)39-18-11-9-7-2)20-24(28(33)36-5)31-16-19-37-27(32)15-12-22(3)4/h13-14,21-22,24,31H,6-12,15-20H2,1-5H3/t24-/m0/s1. The van der Waals surface area contributed by atoms with Gasteiger partial charge in [-0.15, -0.1) is 0 Å². The van der Waals surface area contributed by atoms with E-state index in [1.807, 2.05) is 27.7 Å². The first kappa shape index (κ1) is 35.7. The van der Waals surface area contributed by atoms with Gasteiger partial charge in [0.25, 0.3) is 0 Å². The van der Waals surface area contributed by atoms with Gasteiger partial charge in [0.2, 0.25) is 0 Å². The lowest BCUT2D eigenvalue weighted by molar-refractivity contribution is -0.144. The molecular weight excluding hydrogens is 534 g/mol. The Kier molecular flexibility index (Phi) is 18.6. The molecule has 1 aromatic carbocycles. The highest BCUT2D eigenvalue weighted by Gasteiger charge is 2.22. The van der Waals surface area contributed by atoms with Crippen LogP contribution in [0.3, 0.4) is 0 Å². The third-order valence-electron chi connectivity index (χ3n) is 5.94. The van der Waals surface area contributed by atoms with E-state index in [2.05, 4.69) is 5.32 Å². The van der Waals surface area contributed by atoms with E-state index in [0.29, 0.717) is 30.7 Å². The van der Waals surface area contributed by atoms with Crippen LogP contribution in [0.5, 0.6) is 11.5 Å². The van der Waals surface area contributed by atoms with Crippen molar-refractivity contribution >= 4 is 24.2 Å². The molecule has 0 unspecified atom stereocenters. The summed E-state index contributed by atoms with van der Waals surface area (Å²) in [5.41, 5.74) is 0.583. The molecule has 41 heavy (non-hydrogen) atoms. The molecule has 0 radical (unpaired) electrons. The second-order valence-corrected chi connectivity index (χ2v) is 9.98. The molecule has 11 nitrogen and oxygen atoms in total. The topological polar surface area (TPSA) is 136 Å².